The third-order valence-corrected chi connectivity index (χ3v) is 21.7. The van der Waals surface area contributed by atoms with Crippen molar-refractivity contribution in [3.05, 3.63) is 413 Å². The molecule has 0 amide bonds. The number of nitrogens with zero attached hydrogens (tertiary/aromatic N) is 6. The molecule has 21 aromatic rings. The first-order valence-corrected chi connectivity index (χ1v) is 37.9. The molecule has 0 bridgehead atoms. The van der Waals surface area contributed by atoms with E-state index in [2.05, 4.69) is 386 Å². The Balaban J connectivity index is 0.000000146. The Kier molecular flexibility index (Phi) is 17.2. The van der Waals surface area contributed by atoms with Gasteiger partial charge in [0.1, 0.15) is 0 Å². The first-order valence-electron chi connectivity index (χ1n) is 37.9. The molecule has 4 heterocycles. The van der Waals surface area contributed by atoms with Crippen molar-refractivity contribution in [2.45, 2.75) is 0 Å². The van der Waals surface area contributed by atoms with Gasteiger partial charge in [0, 0.05) is 58.2 Å². The van der Waals surface area contributed by atoms with E-state index in [-0.39, 0.29) is 0 Å². The van der Waals surface area contributed by atoms with Crippen LogP contribution in [0.4, 0.5) is 0 Å². The molecule has 0 N–H and O–H groups in total. The minimum Gasteiger partial charge on any atom is -0.264 e. The highest BCUT2D eigenvalue weighted by atomic mass is 14.9. The highest BCUT2D eigenvalue weighted by molar-refractivity contribution is 6.23. The Morgan fingerprint density at radius 1 is 0.152 bits per heavy atom. The molecule has 6 heteroatoms. The van der Waals surface area contributed by atoms with Crippen LogP contribution in [0.15, 0.2) is 413 Å². The van der Waals surface area contributed by atoms with Crippen LogP contribution in [0.1, 0.15) is 0 Å². The number of pyridine rings is 2. The molecule has 0 atom stereocenters. The van der Waals surface area contributed by atoms with E-state index in [4.69, 9.17) is 19.9 Å². The standard InChI is InChI=1S/C55H35N3.C51H33N3/c1-2-14-38(15-3-1)53-46-23-8-10-25-48(46)54(49-26-11-9-24-47(49)53)40-17-12-18-41(32-40)55-57-51(37-29-27-36(28-30-37)42-19-13-31-56-35-42)34-52(58-55)50-33-39-16-4-5-20-43(39)44-21-6-7-22-45(44)50;1-2-13-37(14-3-1)49-43-19-6-8-21-45(43)50(46-22-9-7-20-44(46)49)40-16-10-17-41(31-40)51-53-47(36-26-23-35(24-27-36)42-18-11-29-52-33-42)32-48(54-51)39-28-25-34-12-4-5-15-38(34)30-39/h1-35H;1-33H. The summed E-state index contributed by atoms with van der Waals surface area (Å²) < 4.78 is 0. The summed E-state index contributed by atoms with van der Waals surface area (Å²) in [4.78, 5) is 29.9. The molecule has 0 unspecified atom stereocenters. The number of fused-ring (bicyclic) bond motifs is 8. The number of hydrogen-bond acceptors (Lipinski definition) is 6. The fraction of sp³-hybridized carbons (Fsp3) is 0. The molecule has 4 aromatic heterocycles. The number of rotatable bonds is 12. The van der Waals surface area contributed by atoms with E-state index in [9.17, 15) is 0 Å². The van der Waals surface area contributed by atoms with E-state index >= 15 is 0 Å². The summed E-state index contributed by atoms with van der Waals surface area (Å²) in [7, 11) is 0. The summed E-state index contributed by atoms with van der Waals surface area (Å²) >= 11 is 0. The van der Waals surface area contributed by atoms with Crippen molar-refractivity contribution in [1.82, 2.24) is 29.9 Å². The topological polar surface area (TPSA) is 77.3 Å². The van der Waals surface area contributed by atoms with E-state index in [1.165, 1.54) is 103 Å². The van der Waals surface area contributed by atoms with E-state index < -0.39 is 0 Å². The van der Waals surface area contributed by atoms with Crippen molar-refractivity contribution in [2.24, 2.45) is 0 Å². The van der Waals surface area contributed by atoms with Crippen molar-refractivity contribution in [2.75, 3.05) is 0 Å². The molecule has 0 aliphatic rings. The molecule has 21 rings (SSSR count). The maximum Gasteiger partial charge on any atom is 0.160 e. The molecule has 0 aliphatic carbocycles. The van der Waals surface area contributed by atoms with Gasteiger partial charge in [-0.15, -0.1) is 0 Å². The second-order valence-corrected chi connectivity index (χ2v) is 28.4. The quantitative estimate of drug-likeness (QED) is 0.0896. The van der Waals surface area contributed by atoms with E-state index in [1.807, 2.05) is 24.5 Å². The van der Waals surface area contributed by atoms with Crippen molar-refractivity contribution in [1.29, 1.82) is 0 Å². The summed E-state index contributed by atoms with van der Waals surface area (Å²) in [5.41, 5.74) is 23.6. The van der Waals surface area contributed by atoms with Crippen LogP contribution < -0.4 is 0 Å². The Morgan fingerprint density at radius 3 is 0.920 bits per heavy atom. The van der Waals surface area contributed by atoms with Crippen LogP contribution in [-0.2, 0) is 0 Å². The molecule has 0 saturated heterocycles. The number of hydrogen-bond donors (Lipinski definition) is 0. The second-order valence-electron chi connectivity index (χ2n) is 28.4. The fourth-order valence-electron chi connectivity index (χ4n) is 16.4. The fourth-order valence-corrected chi connectivity index (χ4v) is 16.4. The van der Waals surface area contributed by atoms with Gasteiger partial charge >= 0.3 is 0 Å². The Morgan fingerprint density at radius 2 is 0.473 bits per heavy atom. The molecular formula is C106H68N6. The van der Waals surface area contributed by atoms with E-state index in [1.54, 1.807) is 12.4 Å². The van der Waals surface area contributed by atoms with Crippen LogP contribution in [0.25, 0.3) is 210 Å². The molecule has 6 nitrogen and oxygen atoms in total. The minimum atomic E-state index is 0.678. The lowest BCUT2D eigenvalue weighted by Crippen LogP contribution is -1.97. The lowest BCUT2D eigenvalue weighted by atomic mass is 9.85. The average Bonchev–Trinajstić information content (AvgIpc) is 0.746. The van der Waals surface area contributed by atoms with Crippen LogP contribution in [0.3, 0.4) is 0 Å². The van der Waals surface area contributed by atoms with Gasteiger partial charge in [-0.1, -0.05) is 340 Å². The van der Waals surface area contributed by atoms with Crippen LogP contribution in [0.2, 0.25) is 0 Å². The van der Waals surface area contributed by atoms with Gasteiger partial charge in [0.05, 0.1) is 22.8 Å². The summed E-state index contributed by atoms with van der Waals surface area (Å²) in [5.74, 6) is 1.36. The Bertz CT molecular complexity index is 7040. The summed E-state index contributed by atoms with van der Waals surface area (Å²) in [5, 5.41) is 16.9. The Hall–Kier alpha value is -15.0. The van der Waals surface area contributed by atoms with Crippen LogP contribution in [-0.4, -0.2) is 29.9 Å². The normalized spacial score (nSPS) is 11.4. The van der Waals surface area contributed by atoms with E-state index in [0.717, 1.165) is 94.9 Å². The summed E-state index contributed by atoms with van der Waals surface area (Å²) in [6.07, 6.45) is 7.39. The highest BCUT2D eigenvalue weighted by Crippen LogP contribution is 2.47. The maximum atomic E-state index is 5.42. The van der Waals surface area contributed by atoms with Crippen molar-refractivity contribution in [3.63, 3.8) is 0 Å². The van der Waals surface area contributed by atoms with Crippen molar-refractivity contribution >= 4 is 75.4 Å². The van der Waals surface area contributed by atoms with Gasteiger partial charge in [-0.25, -0.2) is 19.9 Å². The minimum absolute atomic E-state index is 0.678. The van der Waals surface area contributed by atoms with Gasteiger partial charge in [-0.05, 0) is 191 Å². The molecule has 17 aromatic carbocycles. The lowest BCUT2D eigenvalue weighted by molar-refractivity contribution is 1.18. The first-order chi connectivity index (χ1) is 55.5. The van der Waals surface area contributed by atoms with Gasteiger partial charge in [0.15, 0.2) is 11.6 Å². The number of aromatic nitrogens is 6. The largest absolute Gasteiger partial charge is 0.264 e. The summed E-state index contributed by atoms with van der Waals surface area (Å²) in [6, 6.07) is 138. The van der Waals surface area contributed by atoms with E-state index in [0.29, 0.717) is 11.6 Å². The third kappa shape index (κ3) is 12.5. The van der Waals surface area contributed by atoms with Crippen LogP contribution >= 0.6 is 0 Å². The lowest BCUT2D eigenvalue weighted by Gasteiger charge is -2.18. The van der Waals surface area contributed by atoms with Crippen LogP contribution in [0.5, 0.6) is 0 Å². The molecule has 0 aliphatic heterocycles. The van der Waals surface area contributed by atoms with Gasteiger partial charge in [0.2, 0.25) is 0 Å². The number of benzene rings is 17. The zero-order chi connectivity index (χ0) is 74.3. The smallest absolute Gasteiger partial charge is 0.160 e. The SMILES string of the molecule is c1ccc(-c2c3ccccc3c(-c3cccc(-c4nc(-c5ccc(-c6cccnc6)cc5)cc(-c5cc6ccccc6c6ccccc56)n4)c3)c3ccccc23)cc1.c1ccc(-c2c3ccccc3c(-c3cccc(-c4nc(-c5ccc(-c6cccnc6)cc5)cc(-c5ccc6ccccc6c5)n4)c3)c3ccccc23)cc1. The molecule has 112 heavy (non-hydrogen) atoms. The predicted molar refractivity (Wildman–Crippen MR) is 467 cm³/mol. The van der Waals surface area contributed by atoms with Gasteiger partial charge in [-0.2, -0.15) is 0 Å². The van der Waals surface area contributed by atoms with Gasteiger partial charge < -0.3 is 0 Å². The van der Waals surface area contributed by atoms with Crippen LogP contribution in [0, 0.1) is 0 Å². The Labute approximate surface area is 648 Å². The van der Waals surface area contributed by atoms with Gasteiger partial charge in [-0.3, -0.25) is 9.97 Å². The molecule has 0 spiro atoms. The summed E-state index contributed by atoms with van der Waals surface area (Å²) in [6.45, 7) is 0. The molecule has 0 saturated carbocycles. The average molecular weight is 1430 g/mol. The maximum absolute atomic E-state index is 5.42. The predicted octanol–water partition coefficient (Wildman–Crippen LogP) is 27.8. The molecule has 0 radical (unpaired) electrons. The van der Waals surface area contributed by atoms with Crippen molar-refractivity contribution in [3.8, 4) is 135 Å². The van der Waals surface area contributed by atoms with Crippen molar-refractivity contribution < 1.29 is 0 Å². The molecule has 522 valence electrons. The monoisotopic (exact) mass is 1420 g/mol. The highest BCUT2D eigenvalue weighted by Gasteiger charge is 2.22. The zero-order valence-electron chi connectivity index (χ0n) is 60.9. The third-order valence-electron chi connectivity index (χ3n) is 21.7. The van der Waals surface area contributed by atoms with Gasteiger partial charge in [0.25, 0.3) is 0 Å². The molecule has 0 fully saturated rings. The molecular weight excluding hydrogens is 1360 g/mol. The second kappa shape index (κ2) is 29.0. The first kappa shape index (κ1) is 66.5. The zero-order valence-corrected chi connectivity index (χ0v) is 60.9.